The predicted octanol–water partition coefficient (Wildman–Crippen LogP) is 2.89. The van der Waals surface area contributed by atoms with Crippen molar-refractivity contribution >= 4 is 11.6 Å². The topological polar surface area (TPSA) is 38.8 Å². The third-order valence-electron chi connectivity index (χ3n) is 3.99. The summed E-state index contributed by atoms with van der Waals surface area (Å²) in [7, 11) is 4.54. The van der Waals surface area contributed by atoms with E-state index in [1.807, 2.05) is 0 Å². The van der Waals surface area contributed by atoms with Crippen molar-refractivity contribution in [2.75, 3.05) is 26.2 Å². The summed E-state index contributed by atoms with van der Waals surface area (Å²) in [5, 5.41) is 0. The van der Waals surface area contributed by atoms with E-state index < -0.39 is 11.6 Å². The van der Waals surface area contributed by atoms with Gasteiger partial charge in [-0.25, -0.2) is 4.39 Å². The number of anilines is 1. The molecule has 0 unspecified atom stereocenters. The fraction of sp³-hybridized carbons (Fsp3) is 0.235. The summed E-state index contributed by atoms with van der Waals surface area (Å²) in [6, 6.07) is 11.5. The van der Waals surface area contributed by atoms with Crippen molar-refractivity contribution in [1.29, 1.82) is 0 Å². The zero-order valence-electron chi connectivity index (χ0n) is 12.6. The molecule has 4 nitrogen and oxygen atoms in total. The Morgan fingerprint density at radius 2 is 1.64 bits per heavy atom. The van der Waals surface area contributed by atoms with Crippen LogP contribution in [0.15, 0.2) is 42.5 Å². The van der Waals surface area contributed by atoms with Gasteiger partial charge in [-0.2, -0.15) is 0 Å². The number of benzene rings is 2. The van der Waals surface area contributed by atoms with Crippen LogP contribution in [0.2, 0.25) is 0 Å². The highest BCUT2D eigenvalue weighted by atomic mass is 19.1. The van der Waals surface area contributed by atoms with Gasteiger partial charge in [0.15, 0.2) is 0 Å². The first kappa shape index (κ1) is 14.4. The summed E-state index contributed by atoms with van der Waals surface area (Å²) < 4.78 is 26.2. The quantitative estimate of drug-likeness (QED) is 0.875. The average Bonchev–Trinajstić information content (AvgIpc) is 2.77. The number of carbonyl (C=O) groups is 1. The molecule has 1 atom stereocenters. The van der Waals surface area contributed by atoms with Crippen molar-refractivity contribution in [3.05, 3.63) is 53.6 Å². The number of alkyl halides is 1. The minimum absolute atomic E-state index is 0.200. The third kappa shape index (κ3) is 1.85. The van der Waals surface area contributed by atoms with E-state index in [1.54, 1.807) is 37.4 Å². The van der Waals surface area contributed by atoms with E-state index in [0.29, 0.717) is 22.7 Å². The SMILES string of the molecule is COc1cc(OC)cc([C@@]2(F)C(=O)N(C)c3ccccc32)c1. The van der Waals surface area contributed by atoms with Crippen LogP contribution >= 0.6 is 0 Å². The normalized spacial score (nSPS) is 20.0. The second-order valence-corrected chi connectivity index (χ2v) is 5.14. The molecule has 1 heterocycles. The van der Waals surface area contributed by atoms with Gasteiger partial charge in [-0.05, 0) is 18.2 Å². The fourth-order valence-corrected chi connectivity index (χ4v) is 2.80. The molecule has 114 valence electrons. The van der Waals surface area contributed by atoms with Gasteiger partial charge in [-0.15, -0.1) is 0 Å². The number of carbonyl (C=O) groups excluding carboxylic acids is 1. The highest BCUT2D eigenvalue weighted by Crippen LogP contribution is 2.47. The van der Waals surface area contributed by atoms with Crippen molar-refractivity contribution in [3.63, 3.8) is 0 Å². The van der Waals surface area contributed by atoms with Crippen molar-refractivity contribution in [2.24, 2.45) is 0 Å². The Labute approximate surface area is 128 Å². The van der Waals surface area contributed by atoms with E-state index in [0.717, 1.165) is 0 Å². The lowest BCUT2D eigenvalue weighted by Gasteiger charge is -2.21. The molecule has 0 fully saturated rings. The van der Waals surface area contributed by atoms with E-state index in [2.05, 4.69) is 0 Å². The minimum Gasteiger partial charge on any atom is -0.497 e. The van der Waals surface area contributed by atoms with Crippen LogP contribution in [-0.2, 0) is 10.5 Å². The van der Waals surface area contributed by atoms with Crippen LogP contribution in [-0.4, -0.2) is 27.2 Å². The van der Waals surface area contributed by atoms with Gasteiger partial charge in [-0.1, -0.05) is 18.2 Å². The number of amides is 1. The molecular weight excluding hydrogens is 285 g/mol. The molecule has 22 heavy (non-hydrogen) atoms. The van der Waals surface area contributed by atoms with Gasteiger partial charge in [0.2, 0.25) is 5.67 Å². The van der Waals surface area contributed by atoms with Gasteiger partial charge in [0.25, 0.3) is 5.91 Å². The summed E-state index contributed by atoms with van der Waals surface area (Å²) in [5.74, 6) is 0.251. The van der Waals surface area contributed by atoms with Gasteiger partial charge in [0.1, 0.15) is 11.5 Å². The first-order chi connectivity index (χ1) is 10.5. The van der Waals surface area contributed by atoms with E-state index in [9.17, 15) is 4.79 Å². The van der Waals surface area contributed by atoms with Crippen LogP contribution in [0.4, 0.5) is 10.1 Å². The van der Waals surface area contributed by atoms with Gasteiger partial charge >= 0.3 is 0 Å². The number of fused-ring (bicyclic) bond motifs is 1. The Morgan fingerprint density at radius 1 is 1.05 bits per heavy atom. The molecule has 5 heteroatoms. The highest BCUT2D eigenvalue weighted by molar-refractivity contribution is 6.08. The lowest BCUT2D eigenvalue weighted by molar-refractivity contribution is -0.126. The maximum absolute atomic E-state index is 15.8. The molecule has 0 N–H and O–H groups in total. The second-order valence-electron chi connectivity index (χ2n) is 5.14. The van der Waals surface area contributed by atoms with Crippen LogP contribution in [0.1, 0.15) is 11.1 Å². The van der Waals surface area contributed by atoms with Gasteiger partial charge in [-0.3, -0.25) is 4.79 Å². The number of para-hydroxylation sites is 1. The molecule has 0 bridgehead atoms. The summed E-state index contributed by atoms with van der Waals surface area (Å²) in [6.07, 6.45) is 0. The standard InChI is InChI=1S/C17H16FNO3/c1-19-15-7-5-4-6-14(15)17(18,16(19)20)11-8-12(21-2)10-13(9-11)22-3/h4-10H,1-3H3/t17-/m0/s1. The van der Waals surface area contributed by atoms with E-state index in [4.69, 9.17) is 9.47 Å². The molecule has 1 amide bonds. The number of hydrogen-bond acceptors (Lipinski definition) is 3. The zero-order chi connectivity index (χ0) is 15.9. The smallest absolute Gasteiger partial charge is 0.273 e. The molecule has 0 radical (unpaired) electrons. The van der Waals surface area contributed by atoms with E-state index >= 15 is 4.39 Å². The molecule has 0 saturated carbocycles. The monoisotopic (exact) mass is 301 g/mol. The average molecular weight is 301 g/mol. The molecule has 3 rings (SSSR count). The molecule has 1 aliphatic rings. The Bertz CT molecular complexity index is 724. The maximum atomic E-state index is 15.8. The van der Waals surface area contributed by atoms with Crippen LogP contribution in [0.3, 0.4) is 0 Å². The highest BCUT2D eigenvalue weighted by Gasteiger charge is 2.52. The Balaban J connectivity index is 2.24. The van der Waals surface area contributed by atoms with Crippen molar-refractivity contribution in [2.45, 2.75) is 5.67 Å². The van der Waals surface area contributed by atoms with Gasteiger partial charge in [0.05, 0.1) is 19.9 Å². The molecule has 2 aromatic carbocycles. The van der Waals surface area contributed by atoms with Crippen molar-refractivity contribution in [1.82, 2.24) is 0 Å². The molecular formula is C17H16FNO3. The minimum atomic E-state index is -2.24. The van der Waals surface area contributed by atoms with Crippen LogP contribution in [0.25, 0.3) is 0 Å². The number of hydrogen-bond donors (Lipinski definition) is 0. The van der Waals surface area contributed by atoms with E-state index in [-0.39, 0.29) is 5.56 Å². The molecule has 0 spiro atoms. The summed E-state index contributed by atoms with van der Waals surface area (Å²) >= 11 is 0. The first-order valence-electron chi connectivity index (χ1n) is 6.82. The molecule has 0 saturated heterocycles. The summed E-state index contributed by atoms with van der Waals surface area (Å²) in [5.41, 5.74) is -1.15. The van der Waals surface area contributed by atoms with E-state index in [1.165, 1.54) is 31.3 Å². The van der Waals surface area contributed by atoms with Gasteiger partial charge < -0.3 is 14.4 Å². The van der Waals surface area contributed by atoms with Crippen molar-refractivity contribution in [3.8, 4) is 11.5 Å². The number of nitrogens with zero attached hydrogens (tertiary/aromatic N) is 1. The van der Waals surface area contributed by atoms with Crippen LogP contribution in [0, 0.1) is 0 Å². The zero-order valence-corrected chi connectivity index (χ0v) is 12.6. The first-order valence-corrected chi connectivity index (χ1v) is 6.82. The third-order valence-corrected chi connectivity index (χ3v) is 3.99. The number of ether oxygens (including phenoxy) is 2. The molecule has 0 aromatic heterocycles. The van der Waals surface area contributed by atoms with Crippen LogP contribution < -0.4 is 14.4 Å². The number of halogens is 1. The Morgan fingerprint density at radius 3 is 2.23 bits per heavy atom. The second kappa shape index (κ2) is 5.02. The lowest BCUT2D eigenvalue weighted by Crippen LogP contribution is -2.35. The summed E-state index contributed by atoms with van der Waals surface area (Å²) in [4.78, 5) is 13.9. The number of likely N-dealkylation sites (N-methyl/N-ethyl adjacent to an activating group) is 1. The largest absolute Gasteiger partial charge is 0.497 e. The summed E-state index contributed by atoms with van der Waals surface area (Å²) in [6.45, 7) is 0. The molecule has 2 aromatic rings. The number of methoxy groups -OCH3 is 2. The Hall–Kier alpha value is -2.56. The number of rotatable bonds is 3. The molecule has 1 aliphatic heterocycles. The lowest BCUT2D eigenvalue weighted by atomic mass is 9.89. The Kier molecular flexibility index (Phi) is 3.28. The molecule has 0 aliphatic carbocycles. The van der Waals surface area contributed by atoms with Gasteiger partial charge in [0, 0.05) is 24.2 Å². The maximum Gasteiger partial charge on any atom is 0.273 e. The predicted molar refractivity (Wildman–Crippen MR) is 81.3 cm³/mol. The fourth-order valence-electron chi connectivity index (χ4n) is 2.80. The van der Waals surface area contributed by atoms with Crippen LogP contribution in [0.5, 0.6) is 11.5 Å². The van der Waals surface area contributed by atoms with Crippen molar-refractivity contribution < 1.29 is 18.7 Å².